The lowest BCUT2D eigenvalue weighted by Crippen LogP contribution is -2.39. The summed E-state index contributed by atoms with van der Waals surface area (Å²) in [6, 6.07) is 6.77. The zero-order valence-electron chi connectivity index (χ0n) is 12.6. The van der Waals surface area contributed by atoms with E-state index < -0.39 is 0 Å². The van der Waals surface area contributed by atoms with E-state index in [4.69, 9.17) is 0 Å². The van der Waals surface area contributed by atoms with Crippen molar-refractivity contribution < 1.29 is 4.79 Å². The highest BCUT2D eigenvalue weighted by Gasteiger charge is 2.36. The number of fused-ring (bicyclic) bond motifs is 1. The van der Waals surface area contributed by atoms with Gasteiger partial charge < -0.3 is 10.2 Å². The van der Waals surface area contributed by atoms with Gasteiger partial charge in [-0.05, 0) is 54.9 Å². The van der Waals surface area contributed by atoms with Crippen molar-refractivity contribution in [3.05, 3.63) is 34.9 Å². The number of hydrogen-bond donors (Lipinski definition) is 1. The molecule has 1 N–H and O–H groups in total. The molecule has 2 heterocycles. The van der Waals surface area contributed by atoms with Crippen LogP contribution in [0.5, 0.6) is 0 Å². The maximum Gasteiger partial charge on any atom is 0.254 e. The van der Waals surface area contributed by atoms with Crippen LogP contribution < -0.4 is 5.32 Å². The normalized spacial score (nSPS) is 25.5. The van der Waals surface area contributed by atoms with Gasteiger partial charge in [0.05, 0.1) is 0 Å². The topological polar surface area (TPSA) is 32.3 Å². The predicted molar refractivity (Wildman–Crippen MR) is 83.0 cm³/mol. The largest absolute Gasteiger partial charge is 0.335 e. The minimum atomic E-state index is 0.263. The van der Waals surface area contributed by atoms with Crippen molar-refractivity contribution in [3.63, 3.8) is 0 Å². The molecular weight excluding hydrogens is 260 g/mol. The Hall–Kier alpha value is -1.35. The smallest absolute Gasteiger partial charge is 0.254 e. The summed E-state index contributed by atoms with van der Waals surface area (Å²) in [6.45, 7) is 2.80. The molecule has 0 bridgehead atoms. The van der Waals surface area contributed by atoms with Crippen LogP contribution in [0.3, 0.4) is 0 Å². The monoisotopic (exact) mass is 284 g/mol. The summed E-state index contributed by atoms with van der Waals surface area (Å²) in [6.07, 6.45) is 7.74. The van der Waals surface area contributed by atoms with Gasteiger partial charge in [0, 0.05) is 31.2 Å². The van der Waals surface area contributed by atoms with E-state index in [0.29, 0.717) is 6.04 Å². The second kappa shape index (κ2) is 5.45. The average Bonchev–Trinajstić information content (AvgIpc) is 3.24. The number of hydrogen-bond acceptors (Lipinski definition) is 2. The van der Waals surface area contributed by atoms with Crippen molar-refractivity contribution in [1.82, 2.24) is 10.2 Å². The Morgan fingerprint density at radius 2 is 1.86 bits per heavy atom. The molecule has 3 nitrogen and oxygen atoms in total. The molecule has 2 fully saturated rings. The van der Waals surface area contributed by atoms with Crippen LogP contribution in [0.4, 0.5) is 0 Å². The Morgan fingerprint density at radius 1 is 1.05 bits per heavy atom. The summed E-state index contributed by atoms with van der Waals surface area (Å²) in [5.74, 6) is 1.02. The van der Waals surface area contributed by atoms with Crippen LogP contribution in [0.2, 0.25) is 0 Å². The first-order valence-corrected chi connectivity index (χ1v) is 8.46. The number of carbonyl (C=O) groups is 1. The van der Waals surface area contributed by atoms with Gasteiger partial charge in [0.1, 0.15) is 0 Å². The molecule has 2 aliphatic heterocycles. The third kappa shape index (κ3) is 2.38. The third-order valence-corrected chi connectivity index (χ3v) is 5.59. The zero-order chi connectivity index (χ0) is 14.2. The molecular formula is C18H24N2O. The third-order valence-electron chi connectivity index (χ3n) is 5.59. The molecule has 0 spiro atoms. The summed E-state index contributed by atoms with van der Waals surface area (Å²) < 4.78 is 0. The van der Waals surface area contributed by atoms with E-state index in [0.717, 1.165) is 31.1 Å². The number of nitrogens with one attached hydrogen (secondary N) is 1. The molecule has 1 aliphatic carbocycles. The first kappa shape index (κ1) is 13.3. The fourth-order valence-electron chi connectivity index (χ4n) is 4.47. The molecule has 4 rings (SSSR count). The first-order chi connectivity index (χ1) is 10.3. The van der Waals surface area contributed by atoms with Crippen molar-refractivity contribution in [2.75, 3.05) is 6.54 Å². The molecule has 0 radical (unpaired) electrons. The molecule has 1 atom stereocenters. The fraction of sp³-hybridized carbons (Fsp3) is 0.611. The quantitative estimate of drug-likeness (QED) is 0.905. The van der Waals surface area contributed by atoms with Crippen molar-refractivity contribution >= 4 is 5.91 Å². The number of rotatable bonds is 2. The van der Waals surface area contributed by atoms with Gasteiger partial charge >= 0.3 is 0 Å². The van der Waals surface area contributed by atoms with Gasteiger partial charge in [0.15, 0.2) is 0 Å². The van der Waals surface area contributed by atoms with Crippen LogP contribution in [0.15, 0.2) is 18.2 Å². The van der Waals surface area contributed by atoms with Crippen molar-refractivity contribution in [1.29, 1.82) is 0 Å². The molecule has 1 saturated heterocycles. The zero-order valence-corrected chi connectivity index (χ0v) is 12.6. The van der Waals surface area contributed by atoms with E-state index in [1.807, 2.05) is 6.07 Å². The highest BCUT2D eigenvalue weighted by Crippen LogP contribution is 2.36. The van der Waals surface area contributed by atoms with Gasteiger partial charge in [-0.2, -0.15) is 0 Å². The van der Waals surface area contributed by atoms with Gasteiger partial charge in [0.25, 0.3) is 5.91 Å². The lowest BCUT2D eigenvalue weighted by atomic mass is 9.95. The average molecular weight is 284 g/mol. The fourth-order valence-corrected chi connectivity index (χ4v) is 4.47. The Labute approximate surface area is 126 Å². The van der Waals surface area contributed by atoms with E-state index in [2.05, 4.69) is 22.3 Å². The highest BCUT2D eigenvalue weighted by atomic mass is 16.2. The molecule has 3 aliphatic rings. The molecule has 112 valence electrons. The van der Waals surface area contributed by atoms with Gasteiger partial charge in [-0.25, -0.2) is 0 Å². The van der Waals surface area contributed by atoms with Crippen LogP contribution in [0.25, 0.3) is 0 Å². The number of nitrogens with zero attached hydrogens (tertiary/aromatic N) is 1. The molecule has 21 heavy (non-hydrogen) atoms. The summed E-state index contributed by atoms with van der Waals surface area (Å²) >= 11 is 0. The van der Waals surface area contributed by atoms with E-state index >= 15 is 0 Å². The van der Waals surface area contributed by atoms with E-state index in [1.54, 1.807) is 0 Å². The minimum Gasteiger partial charge on any atom is -0.335 e. The molecule has 1 aromatic carbocycles. The minimum absolute atomic E-state index is 0.263. The second-order valence-corrected chi connectivity index (χ2v) is 6.84. The van der Waals surface area contributed by atoms with Crippen LogP contribution >= 0.6 is 0 Å². The van der Waals surface area contributed by atoms with Crippen LogP contribution in [0.1, 0.15) is 60.0 Å². The standard InChI is InChI=1S/C18H24N2O/c21-18(14-7-8-15-11-19-12-16(15)10-14)20-9-3-6-17(20)13-4-1-2-5-13/h7-8,10,13,17,19H,1-6,9,11-12H2. The van der Waals surface area contributed by atoms with Crippen LogP contribution in [-0.2, 0) is 13.1 Å². The SMILES string of the molecule is O=C(c1ccc2c(c1)CNC2)N1CCCC1C1CCCC1. The maximum atomic E-state index is 12.9. The van der Waals surface area contributed by atoms with Gasteiger partial charge in [0.2, 0.25) is 0 Å². The molecule has 3 heteroatoms. The molecule has 1 saturated carbocycles. The van der Waals surface area contributed by atoms with E-state index in [9.17, 15) is 4.79 Å². The van der Waals surface area contributed by atoms with Gasteiger partial charge in [-0.15, -0.1) is 0 Å². The number of carbonyl (C=O) groups excluding carboxylic acids is 1. The Balaban J connectivity index is 1.55. The van der Waals surface area contributed by atoms with Crippen molar-refractivity contribution in [3.8, 4) is 0 Å². The van der Waals surface area contributed by atoms with Crippen LogP contribution in [-0.4, -0.2) is 23.4 Å². The number of benzene rings is 1. The van der Waals surface area contributed by atoms with Gasteiger partial charge in [-0.1, -0.05) is 18.9 Å². The van der Waals surface area contributed by atoms with Crippen molar-refractivity contribution in [2.45, 2.75) is 57.7 Å². The van der Waals surface area contributed by atoms with Crippen molar-refractivity contribution in [2.24, 2.45) is 5.92 Å². The summed E-state index contributed by atoms with van der Waals surface area (Å²) in [7, 11) is 0. The predicted octanol–water partition coefficient (Wildman–Crippen LogP) is 3.08. The maximum absolute atomic E-state index is 12.9. The first-order valence-electron chi connectivity index (χ1n) is 8.46. The molecule has 1 amide bonds. The van der Waals surface area contributed by atoms with Crippen LogP contribution in [0, 0.1) is 5.92 Å². The Morgan fingerprint density at radius 3 is 2.71 bits per heavy atom. The van der Waals surface area contributed by atoms with E-state index in [1.165, 1.54) is 49.7 Å². The van der Waals surface area contributed by atoms with Gasteiger partial charge in [-0.3, -0.25) is 4.79 Å². The number of amides is 1. The summed E-state index contributed by atoms with van der Waals surface area (Å²) in [4.78, 5) is 15.1. The second-order valence-electron chi connectivity index (χ2n) is 6.84. The Bertz CT molecular complexity index is 548. The summed E-state index contributed by atoms with van der Waals surface area (Å²) in [5, 5.41) is 3.35. The van der Waals surface area contributed by atoms with E-state index in [-0.39, 0.29) is 5.91 Å². The summed E-state index contributed by atoms with van der Waals surface area (Å²) in [5.41, 5.74) is 3.54. The Kier molecular flexibility index (Phi) is 3.46. The molecule has 1 aromatic rings. The lowest BCUT2D eigenvalue weighted by molar-refractivity contribution is 0.0689. The molecule has 0 aromatic heterocycles. The lowest BCUT2D eigenvalue weighted by Gasteiger charge is -2.29. The molecule has 1 unspecified atom stereocenters. The number of likely N-dealkylation sites (tertiary alicyclic amines) is 1. The highest BCUT2D eigenvalue weighted by molar-refractivity contribution is 5.95.